The van der Waals surface area contributed by atoms with E-state index in [1.54, 1.807) is 26.2 Å². The number of nitro groups is 1. The smallest absolute Gasteiger partial charge is 0.217 e. The molecule has 0 fully saturated rings. The third kappa shape index (κ3) is 2.80. The van der Waals surface area contributed by atoms with Crippen LogP contribution < -0.4 is 0 Å². The lowest BCUT2D eigenvalue weighted by molar-refractivity contribution is -0.561. The van der Waals surface area contributed by atoms with E-state index in [1.807, 2.05) is 12.1 Å². The molecule has 4 heteroatoms. The number of aryl methyl sites for hydroxylation is 1. The molecular weight excluding hydrogens is 180 g/mol. The van der Waals surface area contributed by atoms with Gasteiger partial charge in [0.15, 0.2) is 0 Å². The van der Waals surface area contributed by atoms with E-state index in [0.717, 1.165) is 12.0 Å². The average molecular weight is 194 g/mol. The fraction of sp³-hybridized carbons (Fsp3) is 0.500. The van der Waals surface area contributed by atoms with E-state index in [2.05, 4.69) is 4.98 Å². The van der Waals surface area contributed by atoms with Crippen molar-refractivity contribution in [2.24, 2.45) is 0 Å². The van der Waals surface area contributed by atoms with Gasteiger partial charge < -0.3 is 0 Å². The standard InChI is InChI=1S/C10H14N2O2/c1-10(2,12(13)14)6-3-9-4-7-11-8-5-9/h4-5,7-8H,3,6H2,1-2H3. The molecule has 4 nitrogen and oxygen atoms in total. The molecule has 1 heterocycles. The van der Waals surface area contributed by atoms with Gasteiger partial charge in [-0.1, -0.05) is 0 Å². The molecule has 0 amide bonds. The molecule has 0 atom stereocenters. The van der Waals surface area contributed by atoms with Gasteiger partial charge in [0.05, 0.1) is 0 Å². The first-order valence-corrected chi connectivity index (χ1v) is 4.56. The maximum atomic E-state index is 10.6. The van der Waals surface area contributed by atoms with Crippen LogP contribution in [-0.2, 0) is 6.42 Å². The van der Waals surface area contributed by atoms with Gasteiger partial charge in [-0.25, -0.2) is 0 Å². The van der Waals surface area contributed by atoms with Gasteiger partial charge in [-0.3, -0.25) is 15.1 Å². The van der Waals surface area contributed by atoms with Crippen molar-refractivity contribution in [2.45, 2.75) is 32.2 Å². The molecule has 0 aromatic carbocycles. The molecule has 0 aliphatic carbocycles. The van der Waals surface area contributed by atoms with Gasteiger partial charge in [-0.15, -0.1) is 0 Å². The summed E-state index contributed by atoms with van der Waals surface area (Å²) in [6.07, 6.45) is 4.67. The molecule has 0 bridgehead atoms. The molecule has 0 saturated heterocycles. The number of nitrogens with zero attached hydrogens (tertiary/aromatic N) is 2. The van der Waals surface area contributed by atoms with Gasteiger partial charge in [0.2, 0.25) is 5.54 Å². The van der Waals surface area contributed by atoms with Gasteiger partial charge in [0.25, 0.3) is 0 Å². The zero-order valence-electron chi connectivity index (χ0n) is 8.43. The van der Waals surface area contributed by atoms with Crippen LogP contribution in [-0.4, -0.2) is 15.4 Å². The Morgan fingerprint density at radius 3 is 2.50 bits per heavy atom. The third-order valence-corrected chi connectivity index (χ3v) is 2.27. The van der Waals surface area contributed by atoms with Crippen molar-refractivity contribution in [3.05, 3.63) is 40.2 Å². The highest BCUT2D eigenvalue weighted by Gasteiger charge is 2.29. The van der Waals surface area contributed by atoms with E-state index in [4.69, 9.17) is 0 Å². The second-order valence-corrected chi connectivity index (χ2v) is 3.93. The number of aromatic nitrogens is 1. The van der Waals surface area contributed by atoms with Crippen molar-refractivity contribution in [1.82, 2.24) is 4.98 Å². The molecule has 0 aliphatic heterocycles. The first-order valence-electron chi connectivity index (χ1n) is 4.56. The summed E-state index contributed by atoms with van der Waals surface area (Å²) in [7, 11) is 0. The summed E-state index contributed by atoms with van der Waals surface area (Å²) in [4.78, 5) is 14.3. The van der Waals surface area contributed by atoms with E-state index in [9.17, 15) is 10.1 Å². The van der Waals surface area contributed by atoms with Crippen molar-refractivity contribution < 1.29 is 4.92 Å². The molecule has 0 aliphatic rings. The topological polar surface area (TPSA) is 56.0 Å². The highest BCUT2D eigenvalue weighted by atomic mass is 16.6. The maximum absolute atomic E-state index is 10.6. The molecule has 0 spiro atoms. The highest BCUT2D eigenvalue weighted by Crippen LogP contribution is 2.16. The summed E-state index contributed by atoms with van der Waals surface area (Å²) < 4.78 is 0. The van der Waals surface area contributed by atoms with Crippen molar-refractivity contribution in [3.63, 3.8) is 0 Å². The lowest BCUT2D eigenvalue weighted by Gasteiger charge is -2.14. The number of hydrogen-bond donors (Lipinski definition) is 0. The van der Waals surface area contributed by atoms with Gasteiger partial charge in [-0.2, -0.15) is 0 Å². The molecule has 0 N–H and O–H groups in total. The summed E-state index contributed by atoms with van der Waals surface area (Å²) in [5.74, 6) is 0. The largest absolute Gasteiger partial charge is 0.265 e. The second-order valence-electron chi connectivity index (χ2n) is 3.93. The molecule has 14 heavy (non-hydrogen) atoms. The number of rotatable bonds is 4. The molecule has 1 aromatic rings. The Kier molecular flexibility index (Phi) is 3.17. The van der Waals surface area contributed by atoms with E-state index in [0.29, 0.717) is 6.42 Å². The van der Waals surface area contributed by atoms with Gasteiger partial charge in [0, 0.05) is 37.6 Å². The molecular formula is C10H14N2O2. The first-order chi connectivity index (χ1) is 6.52. The predicted octanol–water partition coefficient (Wildman–Crippen LogP) is 2.07. The Balaban J connectivity index is 2.53. The minimum atomic E-state index is -0.844. The van der Waals surface area contributed by atoms with Crippen LogP contribution in [0.3, 0.4) is 0 Å². The fourth-order valence-electron chi connectivity index (χ4n) is 1.09. The summed E-state index contributed by atoms with van der Waals surface area (Å²) in [6, 6.07) is 3.77. The molecule has 0 unspecified atom stereocenters. The zero-order chi connectivity index (χ0) is 10.6. The van der Waals surface area contributed by atoms with E-state index in [-0.39, 0.29) is 4.92 Å². The molecule has 1 rings (SSSR count). The quantitative estimate of drug-likeness (QED) is 0.544. The van der Waals surface area contributed by atoms with Crippen LogP contribution in [0.25, 0.3) is 0 Å². The monoisotopic (exact) mass is 194 g/mol. The highest BCUT2D eigenvalue weighted by molar-refractivity contribution is 5.09. The SMILES string of the molecule is CC(C)(CCc1ccncc1)[N+](=O)[O-]. The first kappa shape index (κ1) is 10.6. The Morgan fingerprint density at radius 1 is 1.43 bits per heavy atom. The second kappa shape index (κ2) is 4.17. The van der Waals surface area contributed by atoms with Crippen LogP contribution in [0.15, 0.2) is 24.5 Å². The van der Waals surface area contributed by atoms with Crippen molar-refractivity contribution >= 4 is 0 Å². The Hall–Kier alpha value is -1.45. The van der Waals surface area contributed by atoms with Crippen LogP contribution in [0.5, 0.6) is 0 Å². The lowest BCUT2D eigenvalue weighted by atomic mass is 9.97. The minimum absolute atomic E-state index is 0.228. The summed E-state index contributed by atoms with van der Waals surface area (Å²) in [5.41, 5.74) is 0.249. The Labute approximate surface area is 83.1 Å². The fourth-order valence-corrected chi connectivity index (χ4v) is 1.09. The molecule has 0 radical (unpaired) electrons. The van der Waals surface area contributed by atoms with Gasteiger partial charge in [-0.05, 0) is 24.1 Å². The average Bonchev–Trinajstić information content (AvgIpc) is 2.16. The van der Waals surface area contributed by atoms with Crippen LogP contribution in [0.4, 0.5) is 0 Å². The Morgan fingerprint density at radius 2 is 2.00 bits per heavy atom. The van der Waals surface area contributed by atoms with Crippen LogP contribution in [0, 0.1) is 10.1 Å². The summed E-state index contributed by atoms with van der Waals surface area (Å²) in [5, 5.41) is 10.6. The van der Waals surface area contributed by atoms with Gasteiger partial charge in [0.1, 0.15) is 0 Å². The predicted molar refractivity (Wildman–Crippen MR) is 53.6 cm³/mol. The Bertz CT molecular complexity index is 309. The molecule has 76 valence electrons. The van der Waals surface area contributed by atoms with E-state index in [1.165, 1.54) is 0 Å². The maximum Gasteiger partial charge on any atom is 0.217 e. The van der Waals surface area contributed by atoms with Crippen molar-refractivity contribution in [3.8, 4) is 0 Å². The van der Waals surface area contributed by atoms with Crippen LogP contribution in [0.2, 0.25) is 0 Å². The summed E-state index contributed by atoms with van der Waals surface area (Å²) >= 11 is 0. The number of hydrogen-bond acceptors (Lipinski definition) is 3. The summed E-state index contributed by atoms with van der Waals surface area (Å²) in [6.45, 7) is 3.29. The molecule has 0 saturated carbocycles. The minimum Gasteiger partial charge on any atom is -0.265 e. The van der Waals surface area contributed by atoms with Crippen LogP contribution in [0.1, 0.15) is 25.8 Å². The van der Waals surface area contributed by atoms with Crippen molar-refractivity contribution in [1.29, 1.82) is 0 Å². The van der Waals surface area contributed by atoms with E-state index < -0.39 is 5.54 Å². The van der Waals surface area contributed by atoms with E-state index >= 15 is 0 Å². The third-order valence-electron chi connectivity index (χ3n) is 2.27. The van der Waals surface area contributed by atoms with Gasteiger partial charge >= 0.3 is 0 Å². The lowest BCUT2D eigenvalue weighted by Crippen LogP contribution is -2.31. The normalized spacial score (nSPS) is 11.3. The molecule has 1 aromatic heterocycles. The zero-order valence-corrected chi connectivity index (χ0v) is 8.43. The van der Waals surface area contributed by atoms with Crippen LogP contribution >= 0.6 is 0 Å². The number of pyridine rings is 1. The van der Waals surface area contributed by atoms with Crippen molar-refractivity contribution in [2.75, 3.05) is 0 Å².